The Morgan fingerprint density at radius 2 is 1.81 bits per heavy atom. The van der Waals surface area contributed by atoms with Crippen LogP contribution in [0.2, 0.25) is 0 Å². The van der Waals surface area contributed by atoms with Crippen molar-refractivity contribution in [3.8, 4) is 0 Å². The van der Waals surface area contributed by atoms with Gasteiger partial charge in [-0.25, -0.2) is 4.79 Å². The van der Waals surface area contributed by atoms with Crippen LogP contribution in [0.5, 0.6) is 0 Å². The molecule has 26 heavy (non-hydrogen) atoms. The van der Waals surface area contributed by atoms with Gasteiger partial charge in [0.2, 0.25) is 0 Å². The SMILES string of the molecule is COCCNC(=O)NC(=O)C[NH+]1CCN(c2ccc(C(C)=O)cc2)CC1. The molecule has 1 fully saturated rings. The molecule has 3 amide bonds. The molecule has 0 saturated carbocycles. The number of anilines is 1. The summed E-state index contributed by atoms with van der Waals surface area (Å²) in [6, 6.07) is 7.10. The summed E-state index contributed by atoms with van der Waals surface area (Å²) in [5.41, 5.74) is 1.79. The number of urea groups is 1. The molecule has 1 aromatic carbocycles. The molecule has 0 bridgehead atoms. The zero-order valence-corrected chi connectivity index (χ0v) is 15.3. The normalized spacial score (nSPS) is 14.8. The summed E-state index contributed by atoms with van der Waals surface area (Å²) in [4.78, 5) is 38.2. The number of ether oxygens (including phenoxy) is 1. The molecule has 2 rings (SSSR count). The Morgan fingerprint density at radius 3 is 2.38 bits per heavy atom. The molecule has 3 N–H and O–H groups in total. The summed E-state index contributed by atoms with van der Waals surface area (Å²) in [7, 11) is 1.55. The molecule has 8 nitrogen and oxygen atoms in total. The van der Waals surface area contributed by atoms with Crippen LogP contribution in [-0.4, -0.2) is 70.7 Å². The number of quaternary nitrogens is 1. The average molecular weight is 363 g/mol. The fraction of sp³-hybridized carbons (Fsp3) is 0.500. The lowest BCUT2D eigenvalue weighted by atomic mass is 10.1. The Morgan fingerprint density at radius 1 is 1.15 bits per heavy atom. The van der Waals surface area contributed by atoms with Crippen molar-refractivity contribution in [3.63, 3.8) is 0 Å². The number of carbonyl (C=O) groups is 3. The minimum atomic E-state index is -0.490. The van der Waals surface area contributed by atoms with E-state index in [1.165, 1.54) is 0 Å². The summed E-state index contributed by atoms with van der Waals surface area (Å²) >= 11 is 0. The zero-order chi connectivity index (χ0) is 18.9. The van der Waals surface area contributed by atoms with E-state index in [0.29, 0.717) is 18.7 Å². The molecular weight excluding hydrogens is 336 g/mol. The maximum Gasteiger partial charge on any atom is 0.321 e. The third-order valence-electron chi connectivity index (χ3n) is 4.36. The maximum absolute atomic E-state index is 11.9. The van der Waals surface area contributed by atoms with Gasteiger partial charge >= 0.3 is 6.03 Å². The number of methoxy groups -OCH3 is 1. The number of rotatable bonds is 7. The second kappa shape index (κ2) is 9.88. The van der Waals surface area contributed by atoms with Crippen LogP contribution in [-0.2, 0) is 9.53 Å². The van der Waals surface area contributed by atoms with Gasteiger partial charge < -0.3 is 19.9 Å². The number of piperazine rings is 1. The predicted molar refractivity (Wildman–Crippen MR) is 97.6 cm³/mol. The van der Waals surface area contributed by atoms with Crippen molar-refractivity contribution < 1.29 is 24.0 Å². The van der Waals surface area contributed by atoms with Crippen LogP contribution in [0, 0.1) is 0 Å². The van der Waals surface area contributed by atoms with Crippen molar-refractivity contribution in [1.29, 1.82) is 0 Å². The van der Waals surface area contributed by atoms with Gasteiger partial charge in [0.05, 0.1) is 32.8 Å². The average Bonchev–Trinajstić information content (AvgIpc) is 2.62. The van der Waals surface area contributed by atoms with Crippen LogP contribution < -0.4 is 20.4 Å². The van der Waals surface area contributed by atoms with E-state index in [4.69, 9.17) is 4.74 Å². The van der Waals surface area contributed by atoms with E-state index in [-0.39, 0.29) is 18.2 Å². The Labute approximate surface area is 153 Å². The molecule has 0 atom stereocenters. The van der Waals surface area contributed by atoms with Crippen LogP contribution in [0.25, 0.3) is 0 Å². The van der Waals surface area contributed by atoms with Gasteiger partial charge in [0.1, 0.15) is 0 Å². The first-order chi connectivity index (χ1) is 12.5. The van der Waals surface area contributed by atoms with E-state index in [9.17, 15) is 14.4 Å². The van der Waals surface area contributed by atoms with E-state index in [1.807, 2.05) is 24.3 Å². The van der Waals surface area contributed by atoms with Crippen molar-refractivity contribution in [2.24, 2.45) is 0 Å². The number of ketones is 1. The second-order valence-corrected chi connectivity index (χ2v) is 6.31. The van der Waals surface area contributed by atoms with Crippen LogP contribution in [0.3, 0.4) is 0 Å². The van der Waals surface area contributed by atoms with Gasteiger partial charge in [-0.3, -0.25) is 14.9 Å². The number of hydrogen-bond donors (Lipinski definition) is 3. The van der Waals surface area contributed by atoms with Gasteiger partial charge in [-0.05, 0) is 31.2 Å². The fourth-order valence-electron chi connectivity index (χ4n) is 2.87. The summed E-state index contributed by atoms with van der Waals surface area (Å²) in [6.07, 6.45) is 0. The van der Waals surface area contributed by atoms with E-state index < -0.39 is 6.03 Å². The zero-order valence-electron chi connectivity index (χ0n) is 15.3. The van der Waals surface area contributed by atoms with Crippen molar-refractivity contribution in [3.05, 3.63) is 29.8 Å². The first-order valence-corrected chi connectivity index (χ1v) is 8.75. The Kier molecular flexibility index (Phi) is 7.55. The standard InChI is InChI=1S/C18H26N4O4/c1-14(23)15-3-5-16(6-4-15)22-10-8-21(9-11-22)13-17(24)20-18(25)19-7-12-26-2/h3-6H,7-13H2,1-2H3,(H2,19,20,24,25)/p+1. The minimum absolute atomic E-state index is 0.0584. The lowest BCUT2D eigenvalue weighted by molar-refractivity contribution is -0.892. The smallest absolute Gasteiger partial charge is 0.321 e. The van der Waals surface area contributed by atoms with Crippen molar-refractivity contribution in [2.45, 2.75) is 6.92 Å². The van der Waals surface area contributed by atoms with Gasteiger partial charge in [-0.2, -0.15) is 0 Å². The largest absolute Gasteiger partial charge is 0.383 e. The molecule has 0 radical (unpaired) electrons. The first kappa shape index (κ1) is 19.9. The predicted octanol–water partition coefficient (Wildman–Crippen LogP) is -0.934. The number of carbonyl (C=O) groups excluding carboxylic acids is 3. The molecule has 0 aromatic heterocycles. The highest BCUT2D eigenvalue weighted by molar-refractivity contribution is 5.95. The summed E-state index contributed by atoms with van der Waals surface area (Å²) in [5, 5.41) is 4.89. The lowest BCUT2D eigenvalue weighted by Crippen LogP contribution is -3.16. The first-order valence-electron chi connectivity index (χ1n) is 8.75. The number of nitrogens with zero attached hydrogens (tertiary/aromatic N) is 1. The highest BCUT2D eigenvalue weighted by Gasteiger charge is 2.23. The molecule has 8 heteroatoms. The molecule has 142 valence electrons. The van der Waals surface area contributed by atoms with Gasteiger partial charge in [-0.15, -0.1) is 0 Å². The highest BCUT2D eigenvalue weighted by Crippen LogP contribution is 2.15. The lowest BCUT2D eigenvalue weighted by Gasteiger charge is -2.33. The van der Waals surface area contributed by atoms with Gasteiger partial charge in [-0.1, -0.05) is 0 Å². The molecule has 1 aromatic rings. The molecular formula is C18H27N4O4+. The molecule has 1 aliphatic heterocycles. The minimum Gasteiger partial charge on any atom is -0.383 e. The monoisotopic (exact) mass is 363 g/mol. The third-order valence-corrected chi connectivity index (χ3v) is 4.36. The molecule has 0 aliphatic carbocycles. The van der Waals surface area contributed by atoms with Crippen LogP contribution >= 0.6 is 0 Å². The molecule has 1 heterocycles. The van der Waals surface area contributed by atoms with Crippen LogP contribution in [0.4, 0.5) is 10.5 Å². The summed E-state index contributed by atoms with van der Waals surface area (Å²) in [5.74, 6) is -0.225. The molecule has 1 saturated heterocycles. The Bertz CT molecular complexity index is 625. The maximum atomic E-state index is 11.9. The quantitative estimate of drug-likeness (QED) is 0.430. The number of imide groups is 1. The van der Waals surface area contributed by atoms with E-state index in [1.54, 1.807) is 14.0 Å². The number of nitrogens with one attached hydrogen (secondary N) is 3. The Balaban J connectivity index is 1.73. The van der Waals surface area contributed by atoms with E-state index in [2.05, 4.69) is 15.5 Å². The molecule has 0 spiro atoms. The fourth-order valence-corrected chi connectivity index (χ4v) is 2.87. The van der Waals surface area contributed by atoms with E-state index in [0.717, 1.165) is 36.8 Å². The van der Waals surface area contributed by atoms with Crippen LogP contribution in [0.15, 0.2) is 24.3 Å². The number of benzene rings is 1. The van der Waals surface area contributed by atoms with Crippen molar-refractivity contribution in [2.75, 3.05) is 57.9 Å². The number of amides is 3. The highest BCUT2D eigenvalue weighted by atomic mass is 16.5. The number of Topliss-reactive ketones (excluding diaryl/α,β-unsaturated/α-hetero) is 1. The van der Waals surface area contributed by atoms with E-state index >= 15 is 0 Å². The van der Waals surface area contributed by atoms with Gasteiger partial charge in [0.15, 0.2) is 12.3 Å². The van der Waals surface area contributed by atoms with Gasteiger partial charge in [0, 0.05) is 24.9 Å². The summed E-state index contributed by atoms with van der Waals surface area (Å²) in [6.45, 7) is 5.87. The Hall–Kier alpha value is -2.45. The number of hydrogen-bond acceptors (Lipinski definition) is 5. The topological polar surface area (TPSA) is 92.2 Å². The molecule has 1 aliphatic rings. The third kappa shape index (κ3) is 6.12. The van der Waals surface area contributed by atoms with Crippen molar-refractivity contribution in [1.82, 2.24) is 10.6 Å². The molecule has 0 unspecified atom stereocenters. The summed E-state index contributed by atoms with van der Waals surface area (Å²) < 4.78 is 4.83. The second-order valence-electron chi connectivity index (χ2n) is 6.31. The van der Waals surface area contributed by atoms with Gasteiger partial charge in [0.25, 0.3) is 5.91 Å². The van der Waals surface area contributed by atoms with Crippen molar-refractivity contribution >= 4 is 23.4 Å². The van der Waals surface area contributed by atoms with Crippen LogP contribution in [0.1, 0.15) is 17.3 Å².